The van der Waals surface area contributed by atoms with Crippen LogP contribution in [0.4, 0.5) is 0 Å². The largest absolute Gasteiger partial charge is 0.308 e. The quantitative estimate of drug-likeness (QED) is 0.501. The molecule has 1 nitrogen and oxygen atoms in total. The van der Waals surface area contributed by atoms with Gasteiger partial charge >= 0.3 is 0 Å². The molecule has 0 aromatic heterocycles. The van der Waals surface area contributed by atoms with E-state index in [-0.39, 0.29) is 0 Å². The molecule has 13 heavy (non-hydrogen) atoms. The van der Waals surface area contributed by atoms with Crippen LogP contribution in [0, 0.1) is 17.2 Å². The molecule has 0 saturated carbocycles. The van der Waals surface area contributed by atoms with Crippen molar-refractivity contribution < 1.29 is 0 Å². The lowest BCUT2D eigenvalue weighted by Gasteiger charge is -2.14. The zero-order valence-corrected chi connectivity index (χ0v) is 9.39. The first-order chi connectivity index (χ1) is 6.04. The highest BCUT2D eigenvalue weighted by atomic mass is 14.3. The van der Waals surface area contributed by atoms with Gasteiger partial charge in [0.1, 0.15) is 0 Å². The molecule has 0 unspecified atom stereocenters. The van der Waals surface area contributed by atoms with Crippen molar-refractivity contribution in [3.63, 3.8) is 0 Å². The van der Waals surface area contributed by atoms with E-state index in [4.69, 9.17) is 5.41 Å². The van der Waals surface area contributed by atoms with Gasteiger partial charge < -0.3 is 5.41 Å². The Morgan fingerprint density at radius 1 is 1.00 bits per heavy atom. The molecule has 0 fully saturated rings. The van der Waals surface area contributed by atoms with E-state index in [0.29, 0.717) is 11.8 Å². The zero-order chi connectivity index (χ0) is 10.4. The Labute approximate surface area is 82.1 Å². The minimum absolute atomic E-state index is 0.436. The first-order valence-electron chi connectivity index (χ1n) is 4.91. The van der Waals surface area contributed by atoms with Gasteiger partial charge in [0.15, 0.2) is 0 Å². The van der Waals surface area contributed by atoms with Gasteiger partial charge in [-0.05, 0) is 29.9 Å². The molecule has 0 radical (unpaired) electrons. The van der Waals surface area contributed by atoms with Gasteiger partial charge in [0.25, 0.3) is 0 Å². The first kappa shape index (κ1) is 12.2. The van der Waals surface area contributed by atoms with Crippen LogP contribution in [0.1, 0.15) is 34.6 Å². The second-order valence-electron chi connectivity index (χ2n) is 3.86. The van der Waals surface area contributed by atoms with Crippen LogP contribution >= 0.6 is 0 Å². The van der Waals surface area contributed by atoms with E-state index in [2.05, 4.69) is 33.8 Å². The lowest BCUT2D eigenvalue weighted by molar-refractivity contribution is 0.732. The number of hydrogen-bond donors (Lipinski definition) is 1. The SMILES string of the molecule is C/C=C\C(=C(/C=N)C(C)C)C(C)C. The normalized spacial score (nSPS) is 14.1. The van der Waals surface area contributed by atoms with Crippen molar-refractivity contribution in [2.24, 2.45) is 11.8 Å². The second kappa shape index (κ2) is 5.74. The smallest absolute Gasteiger partial charge is 0.0215 e. The van der Waals surface area contributed by atoms with Crippen molar-refractivity contribution in [3.05, 3.63) is 23.3 Å². The molecule has 0 rings (SSSR count). The van der Waals surface area contributed by atoms with E-state index >= 15 is 0 Å². The van der Waals surface area contributed by atoms with Crippen molar-refractivity contribution in [1.29, 1.82) is 5.41 Å². The van der Waals surface area contributed by atoms with Gasteiger partial charge in [0, 0.05) is 6.21 Å². The molecule has 0 saturated heterocycles. The molecule has 0 aliphatic carbocycles. The van der Waals surface area contributed by atoms with Crippen LogP contribution in [0.15, 0.2) is 23.3 Å². The first-order valence-corrected chi connectivity index (χ1v) is 4.91. The van der Waals surface area contributed by atoms with Crippen LogP contribution in [0.3, 0.4) is 0 Å². The molecule has 0 aromatic carbocycles. The van der Waals surface area contributed by atoms with Crippen LogP contribution in [-0.4, -0.2) is 6.21 Å². The highest BCUT2D eigenvalue weighted by molar-refractivity contribution is 5.78. The van der Waals surface area contributed by atoms with Gasteiger partial charge in [0.2, 0.25) is 0 Å². The number of allylic oxidation sites excluding steroid dienone is 4. The van der Waals surface area contributed by atoms with Crippen LogP contribution < -0.4 is 0 Å². The molecule has 0 spiro atoms. The maximum absolute atomic E-state index is 7.38. The molecule has 0 atom stereocenters. The van der Waals surface area contributed by atoms with Crippen LogP contribution in [0.5, 0.6) is 0 Å². The van der Waals surface area contributed by atoms with E-state index < -0.39 is 0 Å². The minimum Gasteiger partial charge on any atom is -0.308 e. The Morgan fingerprint density at radius 2 is 1.46 bits per heavy atom. The molecule has 0 aliphatic rings. The average molecular weight is 179 g/mol. The summed E-state index contributed by atoms with van der Waals surface area (Å²) in [6.45, 7) is 10.6. The van der Waals surface area contributed by atoms with Crippen molar-refractivity contribution in [1.82, 2.24) is 0 Å². The molecule has 0 amide bonds. The van der Waals surface area contributed by atoms with Gasteiger partial charge in [-0.1, -0.05) is 39.8 Å². The van der Waals surface area contributed by atoms with Gasteiger partial charge in [0.05, 0.1) is 0 Å². The summed E-state index contributed by atoms with van der Waals surface area (Å²) in [6, 6.07) is 0. The summed E-state index contributed by atoms with van der Waals surface area (Å²) in [5, 5.41) is 7.38. The van der Waals surface area contributed by atoms with E-state index in [1.807, 2.05) is 13.0 Å². The fourth-order valence-corrected chi connectivity index (χ4v) is 1.38. The summed E-state index contributed by atoms with van der Waals surface area (Å²) in [7, 11) is 0. The third-order valence-electron chi connectivity index (χ3n) is 2.08. The topological polar surface area (TPSA) is 23.9 Å². The number of hydrogen-bond acceptors (Lipinski definition) is 1. The molecule has 0 bridgehead atoms. The summed E-state index contributed by atoms with van der Waals surface area (Å²) in [5.74, 6) is 0.932. The maximum Gasteiger partial charge on any atom is 0.0215 e. The summed E-state index contributed by atoms with van der Waals surface area (Å²) in [5.41, 5.74) is 2.43. The molecular weight excluding hydrogens is 158 g/mol. The minimum atomic E-state index is 0.436. The van der Waals surface area contributed by atoms with Gasteiger partial charge in [-0.2, -0.15) is 0 Å². The van der Waals surface area contributed by atoms with E-state index in [0.717, 1.165) is 5.57 Å². The second-order valence-corrected chi connectivity index (χ2v) is 3.86. The van der Waals surface area contributed by atoms with Crippen molar-refractivity contribution >= 4 is 6.21 Å². The summed E-state index contributed by atoms with van der Waals surface area (Å²) in [4.78, 5) is 0. The standard InChI is InChI=1S/C12H21N/c1-6-7-11(9(2)3)12(8-13)10(4)5/h6-10,13H,1-5H3/b7-6-,12-11-,13-8?. The van der Waals surface area contributed by atoms with Crippen LogP contribution in [0.25, 0.3) is 0 Å². The highest BCUT2D eigenvalue weighted by Gasteiger charge is 2.08. The summed E-state index contributed by atoms with van der Waals surface area (Å²) >= 11 is 0. The third-order valence-corrected chi connectivity index (χ3v) is 2.08. The Balaban J connectivity index is 5.12. The molecule has 0 aromatic rings. The molecule has 1 heteroatoms. The number of rotatable bonds is 4. The van der Waals surface area contributed by atoms with Crippen molar-refractivity contribution in [3.8, 4) is 0 Å². The Hall–Kier alpha value is -0.850. The maximum atomic E-state index is 7.38. The fraction of sp³-hybridized carbons (Fsp3) is 0.583. The van der Waals surface area contributed by atoms with Crippen LogP contribution in [-0.2, 0) is 0 Å². The molecule has 74 valence electrons. The van der Waals surface area contributed by atoms with Crippen molar-refractivity contribution in [2.75, 3.05) is 0 Å². The molecule has 1 N–H and O–H groups in total. The average Bonchev–Trinajstić information content (AvgIpc) is 2.03. The Kier molecular flexibility index (Phi) is 5.36. The zero-order valence-electron chi connectivity index (χ0n) is 9.39. The molecule has 0 heterocycles. The van der Waals surface area contributed by atoms with Gasteiger partial charge in [-0.25, -0.2) is 0 Å². The molecule has 0 aliphatic heterocycles. The predicted octanol–water partition coefficient (Wildman–Crippen LogP) is 3.82. The van der Waals surface area contributed by atoms with Gasteiger partial charge in [-0.15, -0.1) is 0 Å². The van der Waals surface area contributed by atoms with E-state index in [1.54, 1.807) is 0 Å². The van der Waals surface area contributed by atoms with Crippen molar-refractivity contribution in [2.45, 2.75) is 34.6 Å². The third kappa shape index (κ3) is 3.58. The summed E-state index contributed by atoms with van der Waals surface area (Å²) in [6.07, 6.45) is 5.65. The van der Waals surface area contributed by atoms with E-state index in [9.17, 15) is 0 Å². The summed E-state index contributed by atoms with van der Waals surface area (Å²) < 4.78 is 0. The highest BCUT2D eigenvalue weighted by Crippen LogP contribution is 2.20. The van der Waals surface area contributed by atoms with E-state index in [1.165, 1.54) is 11.8 Å². The van der Waals surface area contributed by atoms with Gasteiger partial charge in [-0.3, -0.25) is 0 Å². The lowest BCUT2D eigenvalue weighted by atomic mass is 9.91. The predicted molar refractivity (Wildman–Crippen MR) is 60.3 cm³/mol. The van der Waals surface area contributed by atoms with Crippen LogP contribution in [0.2, 0.25) is 0 Å². The number of nitrogens with one attached hydrogen (secondary N) is 1. The molecular formula is C12H21N. The Morgan fingerprint density at radius 3 is 1.69 bits per heavy atom. The fourth-order valence-electron chi connectivity index (χ4n) is 1.38. The Bertz CT molecular complexity index is 219. The lowest BCUT2D eigenvalue weighted by Crippen LogP contribution is -2.04. The monoisotopic (exact) mass is 179 g/mol.